The average molecular weight is 440 g/mol. The first-order valence-corrected chi connectivity index (χ1v) is 10.6. The summed E-state index contributed by atoms with van der Waals surface area (Å²) in [7, 11) is 0. The fourth-order valence-corrected chi connectivity index (χ4v) is 3.67. The lowest BCUT2D eigenvalue weighted by Crippen LogP contribution is -2.43. The van der Waals surface area contributed by atoms with E-state index >= 15 is 0 Å². The topological polar surface area (TPSA) is 68.5 Å². The Morgan fingerprint density at radius 1 is 1.00 bits per heavy atom. The molecule has 0 aliphatic heterocycles. The number of carbonyl (C=O) groups is 2. The number of hydrogen-bond donors (Lipinski definition) is 1. The summed E-state index contributed by atoms with van der Waals surface area (Å²) in [4.78, 5) is 25.9. The Morgan fingerprint density at radius 3 is 2.26 bits per heavy atom. The maximum atomic E-state index is 13.3. The van der Waals surface area contributed by atoms with Crippen molar-refractivity contribution in [1.82, 2.24) is 5.32 Å². The number of carbonyl (C=O) groups excluding carboxylic acids is 2. The fourth-order valence-electron chi connectivity index (χ4n) is 3.55. The summed E-state index contributed by atoms with van der Waals surface area (Å²) in [6.45, 7) is 7.54. The van der Waals surface area contributed by atoms with Crippen LogP contribution in [-0.4, -0.2) is 24.5 Å². The standard InChI is InChI=1S/C25H26ClNO4/c1-5-30-25(29)21(14-18-8-12-20(26)13-9-18)27-24(28)23-17(4)31-16(3)22(23)19-10-6-15(2)7-11-19/h6-13,21H,5,14H2,1-4H3,(H,27,28). The number of ether oxygens (including phenoxy) is 1. The Bertz CT molecular complexity index is 1070. The second-order valence-corrected chi connectivity index (χ2v) is 7.88. The molecule has 0 radical (unpaired) electrons. The highest BCUT2D eigenvalue weighted by Gasteiger charge is 2.28. The minimum atomic E-state index is -0.839. The summed E-state index contributed by atoms with van der Waals surface area (Å²) in [6, 6.07) is 14.2. The zero-order chi connectivity index (χ0) is 22.5. The van der Waals surface area contributed by atoms with E-state index in [1.165, 1.54) is 0 Å². The minimum absolute atomic E-state index is 0.226. The monoisotopic (exact) mass is 439 g/mol. The van der Waals surface area contributed by atoms with Crippen LogP contribution >= 0.6 is 11.6 Å². The number of hydrogen-bond acceptors (Lipinski definition) is 4. The third-order valence-corrected chi connectivity index (χ3v) is 5.31. The maximum Gasteiger partial charge on any atom is 0.328 e. The summed E-state index contributed by atoms with van der Waals surface area (Å²) in [6.07, 6.45) is 0.289. The third kappa shape index (κ3) is 5.36. The van der Waals surface area contributed by atoms with Crippen LogP contribution in [0.2, 0.25) is 5.02 Å². The number of furan rings is 1. The van der Waals surface area contributed by atoms with Crippen LogP contribution in [0, 0.1) is 20.8 Å². The van der Waals surface area contributed by atoms with E-state index in [1.54, 1.807) is 26.0 Å². The summed E-state index contributed by atoms with van der Waals surface area (Å²) >= 11 is 5.96. The van der Waals surface area contributed by atoms with Crippen molar-refractivity contribution in [2.45, 2.75) is 40.2 Å². The molecule has 0 saturated heterocycles. The lowest BCUT2D eigenvalue weighted by molar-refractivity contribution is -0.145. The molecule has 0 fully saturated rings. The van der Waals surface area contributed by atoms with Crippen LogP contribution in [0.4, 0.5) is 0 Å². The van der Waals surface area contributed by atoms with Gasteiger partial charge in [0.15, 0.2) is 0 Å². The molecule has 162 valence electrons. The molecule has 1 N–H and O–H groups in total. The van der Waals surface area contributed by atoms with Crippen LogP contribution in [0.25, 0.3) is 11.1 Å². The van der Waals surface area contributed by atoms with Gasteiger partial charge in [0.2, 0.25) is 0 Å². The average Bonchev–Trinajstić information content (AvgIpc) is 3.03. The van der Waals surface area contributed by atoms with Gasteiger partial charge in [-0.3, -0.25) is 4.79 Å². The fraction of sp³-hybridized carbons (Fsp3) is 0.280. The number of rotatable bonds is 7. The quantitative estimate of drug-likeness (QED) is 0.498. The maximum absolute atomic E-state index is 13.3. The summed E-state index contributed by atoms with van der Waals surface area (Å²) in [5.41, 5.74) is 4.02. The van der Waals surface area contributed by atoms with E-state index in [0.717, 1.165) is 22.3 Å². The summed E-state index contributed by atoms with van der Waals surface area (Å²) in [5, 5.41) is 3.45. The molecule has 1 heterocycles. The molecule has 0 aliphatic rings. The van der Waals surface area contributed by atoms with E-state index in [9.17, 15) is 9.59 Å². The zero-order valence-electron chi connectivity index (χ0n) is 18.1. The predicted molar refractivity (Wildman–Crippen MR) is 121 cm³/mol. The smallest absolute Gasteiger partial charge is 0.328 e. The van der Waals surface area contributed by atoms with Gasteiger partial charge in [0.05, 0.1) is 12.2 Å². The van der Waals surface area contributed by atoms with Crippen molar-refractivity contribution in [3.05, 3.63) is 81.8 Å². The van der Waals surface area contributed by atoms with E-state index in [1.807, 2.05) is 50.2 Å². The van der Waals surface area contributed by atoms with E-state index in [2.05, 4.69) is 5.32 Å². The van der Waals surface area contributed by atoms with Gasteiger partial charge in [-0.2, -0.15) is 0 Å². The van der Waals surface area contributed by atoms with E-state index < -0.39 is 12.0 Å². The predicted octanol–water partition coefficient (Wildman–Crippen LogP) is 5.43. The molecule has 31 heavy (non-hydrogen) atoms. The summed E-state index contributed by atoms with van der Waals surface area (Å²) in [5.74, 6) is 0.286. The Kier molecular flexibility index (Phi) is 7.18. The molecule has 2 aromatic carbocycles. The van der Waals surface area contributed by atoms with Gasteiger partial charge < -0.3 is 14.5 Å². The van der Waals surface area contributed by atoms with Gasteiger partial charge in [0, 0.05) is 17.0 Å². The molecule has 1 amide bonds. The van der Waals surface area contributed by atoms with E-state index in [0.29, 0.717) is 22.1 Å². The first-order chi connectivity index (χ1) is 14.8. The van der Waals surface area contributed by atoms with Gasteiger partial charge in [-0.05, 0) is 51.0 Å². The first kappa shape index (κ1) is 22.6. The van der Waals surface area contributed by atoms with Crippen molar-refractivity contribution in [2.24, 2.45) is 0 Å². The van der Waals surface area contributed by atoms with Crippen molar-refractivity contribution in [3.8, 4) is 11.1 Å². The van der Waals surface area contributed by atoms with E-state index in [-0.39, 0.29) is 18.9 Å². The number of nitrogens with one attached hydrogen (secondary N) is 1. The molecular weight excluding hydrogens is 414 g/mol. The molecule has 3 aromatic rings. The Morgan fingerprint density at radius 2 is 1.65 bits per heavy atom. The Hall–Kier alpha value is -3.05. The number of esters is 1. The van der Waals surface area contributed by atoms with Crippen LogP contribution in [0.15, 0.2) is 52.9 Å². The normalized spacial score (nSPS) is 11.8. The van der Waals surface area contributed by atoms with Crippen molar-refractivity contribution in [3.63, 3.8) is 0 Å². The molecule has 0 bridgehead atoms. The summed E-state index contributed by atoms with van der Waals surface area (Å²) < 4.78 is 11.0. The highest BCUT2D eigenvalue weighted by Crippen LogP contribution is 2.32. The van der Waals surface area contributed by atoms with Crippen LogP contribution in [-0.2, 0) is 16.0 Å². The van der Waals surface area contributed by atoms with Crippen molar-refractivity contribution in [1.29, 1.82) is 0 Å². The molecule has 0 aliphatic carbocycles. The van der Waals surface area contributed by atoms with Gasteiger partial charge in [-0.25, -0.2) is 4.79 Å². The second-order valence-electron chi connectivity index (χ2n) is 7.44. The molecule has 0 spiro atoms. The first-order valence-electron chi connectivity index (χ1n) is 10.2. The molecule has 0 saturated carbocycles. The molecule has 1 unspecified atom stereocenters. The van der Waals surface area contributed by atoms with Crippen molar-refractivity contribution < 1.29 is 18.7 Å². The largest absolute Gasteiger partial charge is 0.465 e. The van der Waals surface area contributed by atoms with Crippen LogP contribution in [0.5, 0.6) is 0 Å². The number of benzene rings is 2. The van der Waals surface area contributed by atoms with Gasteiger partial charge >= 0.3 is 5.97 Å². The number of amides is 1. The second kappa shape index (κ2) is 9.84. The Labute approximate surface area is 187 Å². The van der Waals surface area contributed by atoms with Crippen molar-refractivity contribution >= 4 is 23.5 Å². The van der Waals surface area contributed by atoms with Gasteiger partial charge in [0.25, 0.3) is 5.91 Å². The molecule has 5 nitrogen and oxygen atoms in total. The molecule has 1 atom stereocenters. The number of halogens is 1. The lowest BCUT2D eigenvalue weighted by atomic mass is 9.98. The minimum Gasteiger partial charge on any atom is -0.465 e. The van der Waals surface area contributed by atoms with Gasteiger partial charge in [-0.15, -0.1) is 0 Å². The van der Waals surface area contributed by atoms with Crippen LogP contribution < -0.4 is 5.32 Å². The third-order valence-electron chi connectivity index (χ3n) is 5.06. The highest BCUT2D eigenvalue weighted by molar-refractivity contribution is 6.30. The Balaban J connectivity index is 1.92. The van der Waals surface area contributed by atoms with Crippen LogP contribution in [0.3, 0.4) is 0 Å². The zero-order valence-corrected chi connectivity index (χ0v) is 18.9. The van der Waals surface area contributed by atoms with Gasteiger partial charge in [-0.1, -0.05) is 53.6 Å². The van der Waals surface area contributed by atoms with E-state index in [4.69, 9.17) is 20.8 Å². The SMILES string of the molecule is CCOC(=O)C(Cc1ccc(Cl)cc1)NC(=O)c1c(C)oc(C)c1-c1ccc(C)cc1. The van der Waals surface area contributed by atoms with Crippen molar-refractivity contribution in [2.75, 3.05) is 6.61 Å². The molecule has 6 heteroatoms. The molecular formula is C25H26ClNO4. The highest BCUT2D eigenvalue weighted by atomic mass is 35.5. The number of aryl methyl sites for hydroxylation is 3. The molecule has 3 rings (SSSR count). The van der Waals surface area contributed by atoms with Gasteiger partial charge in [0.1, 0.15) is 17.6 Å². The van der Waals surface area contributed by atoms with Crippen LogP contribution in [0.1, 0.15) is 39.9 Å². The lowest BCUT2D eigenvalue weighted by Gasteiger charge is -2.18. The molecule has 1 aromatic heterocycles.